The summed E-state index contributed by atoms with van der Waals surface area (Å²) in [7, 11) is 0. The predicted octanol–water partition coefficient (Wildman–Crippen LogP) is 5.26. The van der Waals surface area contributed by atoms with Crippen LogP contribution in [-0.4, -0.2) is 10.8 Å². The number of benzene rings is 2. The Hall–Kier alpha value is -1.78. The van der Waals surface area contributed by atoms with Gasteiger partial charge in [0.2, 0.25) is 5.78 Å². The minimum absolute atomic E-state index is 0.111. The quantitative estimate of drug-likeness (QED) is 0.604. The van der Waals surface area contributed by atoms with Crippen molar-refractivity contribution in [3.8, 4) is 0 Å². The fourth-order valence-corrected chi connectivity index (χ4v) is 3.91. The van der Waals surface area contributed by atoms with E-state index >= 15 is 0 Å². The number of nitrogens with one attached hydrogen (secondary N) is 1. The maximum atomic E-state index is 12.4. The molecule has 0 saturated heterocycles. The molecule has 1 aliphatic heterocycles. The molecule has 1 aromatic heterocycles. The number of Topliss-reactive ketones (excluding diaryl/α,β-unsaturated/α-hetero) is 1. The smallest absolute Gasteiger partial charge is 0.200 e. The maximum Gasteiger partial charge on any atom is 0.200 e. The number of carbonyl (C=O) groups excluding carboxylic acids is 1. The van der Waals surface area contributed by atoms with Gasteiger partial charge in [-0.25, -0.2) is 0 Å². The molecule has 4 rings (SSSR count). The number of allylic oxidation sites excluding steroid dienone is 1. The number of aromatic amines is 1. The summed E-state index contributed by atoms with van der Waals surface area (Å²) in [4.78, 5) is 17.5. The molecule has 2 nitrogen and oxygen atoms in total. The summed E-state index contributed by atoms with van der Waals surface area (Å²) in [6.45, 7) is 0. The summed E-state index contributed by atoms with van der Waals surface area (Å²) in [6.07, 6.45) is 3.92. The van der Waals surface area contributed by atoms with E-state index in [0.717, 1.165) is 36.3 Å². The molecule has 0 unspecified atom stereocenters. The zero-order valence-electron chi connectivity index (χ0n) is 10.9. The van der Waals surface area contributed by atoms with Crippen molar-refractivity contribution in [2.75, 3.05) is 0 Å². The Morgan fingerprint density at radius 1 is 1.14 bits per heavy atom. The molecule has 0 bridgehead atoms. The van der Waals surface area contributed by atoms with Crippen LogP contribution in [0.25, 0.3) is 17.0 Å². The second-order valence-electron chi connectivity index (χ2n) is 4.87. The van der Waals surface area contributed by atoms with E-state index in [9.17, 15) is 4.79 Å². The minimum Gasteiger partial charge on any atom is -0.361 e. The van der Waals surface area contributed by atoms with Gasteiger partial charge in [-0.05, 0) is 36.4 Å². The summed E-state index contributed by atoms with van der Waals surface area (Å²) in [5.74, 6) is 0.111. The van der Waals surface area contributed by atoms with Crippen LogP contribution in [0.5, 0.6) is 0 Å². The molecule has 0 spiro atoms. The van der Waals surface area contributed by atoms with Crippen molar-refractivity contribution in [1.82, 2.24) is 4.98 Å². The van der Waals surface area contributed by atoms with E-state index in [2.05, 4.69) is 27.0 Å². The fourth-order valence-electron chi connectivity index (χ4n) is 2.51. The molecule has 1 N–H and O–H groups in total. The van der Waals surface area contributed by atoms with Crippen molar-refractivity contribution in [3.05, 3.63) is 69.2 Å². The third-order valence-corrected chi connectivity index (χ3v) is 5.13. The number of fused-ring (bicyclic) bond motifs is 2. The Kier molecular flexibility index (Phi) is 3.01. The third kappa shape index (κ3) is 2.15. The lowest BCUT2D eigenvalue weighted by molar-refractivity contribution is 0.104. The van der Waals surface area contributed by atoms with Crippen LogP contribution < -0.4 is 0 Å². The third-order valence-electron chi connectivity index (χ3n) is 3.54. The molecular formula is C17H10BrNOS. The van der Waals surface area contributed by atoms with Crippen molar-refractivity contribution in [2.24, 2.45) is 0 Å². The average molecular weight is 356 g/mol. The Balaban J connectivity index is 1.82. The lowest BCUT2D eigenvalue weighted by atomic mass is 10.1. The largest absolute Gasteiger partial charge is 0.361 e. The van der Waals surface area contributed by atoms with Crippen molar-refractivity contribution in [1.29, 1.82) is 0 Å². The van der Waals surface area contributed by atoms with Crippen LogP contribution in [0.3, 0.4) is 0 Å². The molecule has 0 saturated carbocycles. The summed E-state index contributed by atoms with van der Waals surface area (Å²) >= 11 is 5.03. The lowest BCUT2D eigenvalue weighted by Gasteiger charge is -1.96. The van der Waals surface area contributed by atoms with Gasteiger partial charge in [0.1, 0.15) is 0 Å². The van der Waals surface area contributed by atoms with Gasteiger partial charge in [-0.2, -0.15) is 0 Å². The van der Waals surface area contributed by atoms with Crippen LogP contribution in [0.4, 0.5) is 0 Å². The molecular weight excluding hydrogens is 346 g/mol. The van der Waals surface area contributed by atoms with Crippen LogP contribution in [0, 0.1) is 0 Å². The van der Waals surface area contributed by atoms with Crippen LogP contribution in [0.2, 0.25) is 0 Å². The Morgan fingerprint density at radius 2 is 2.00 bits per heavy atom. The van der Waals surface area contributed by atoms with Gasteiger partial charge in [-0.1, -0.05) is 39.8 Å². The number of H-pyrrole nitrogens is 1. The first-order valence-electron chi connectivity index (χ1n) is 6.52. The molecule has 0 aliphatic carbocycles. The first-order chi connectivity index (χ1) is 10.2. The molecule has 21 heavy (non-hydrogen) atoms. The second-order valence-corrected chi connectivity index (χ2v) is 6.87. The van der Waals surface area contributed by atoms with E-state index in [1.54, 1.807) is 11.8 Å². The van der Waals surface area contributed by atoms with Crippen molar-refractivity contribution < 1.29 is 4.79 Å². The predicted molar refractivity (Wildman–Crippen MR) is 90.6 cm³/mol. The van der Waals surface area contributed by atoms with E-state index in [-0.39, 0.29) is 5.78 Å². The molecule has 4 heteroatoms. The summed E-state index contributed by atoms with van der Waals surface area (Å²) in [5, 5.41) is 1.11. The SMILES string of the molecule is O=C1/C(=C\c2c[nH]c3ccc(Br)cc23)Sc2ccccc21. The van der Waals surface area contributed by atoms with Gasteiger partial charge in [0.05, 0.1) is 4.91 Å². The van der Waals surface area contributed by atoms with E-state index in [0.29, 0.717) is 0 Å². The zero-order chi connectivity index (χ0) is 14.4. The van der Waals surface area contributed by atoms with Gasteiger partial charge >= 0.3 is 0 Å². The molecule has 2 heterocycles. The number of aromatic nitrogens is 1. The van der Waals surface area contributed by atoms with Crippen LogP contribution >= 0.6 is 27.7 Å². The highest BCUT2D eigenvalue weighted by Crippen LogP contribution is 2.41. The molecule has 1 aliphatic rings. The van der Waals surface area contributed by atoms with Crippen LogP contribution in [0.1, 0.15) is 15.9 Å². The van der Waals surface area contributed by atoms with Gasteiger partial charge in [0.25, 0.3) is 0 Å². The number of ketones is 1. The summed E-state index contributed by atoms with van der Waals surface area (Å²) in [6, 6.07) is 13.8. The molecule has 0 amide bonds. The Labute approximate surface area is 134 Å². The summed E-state index contributed by atoms with van der Waals surface area (Å²) in [5.41, 5.74) is 2.91. The number of carbonyl (C=O) groups is 1. The number of hydrogen-bond donors (Lipinski definition) is 1. The molecule has 3 aromatic rings. The molecule has 0 atom stereocenters. The standard InChI is InChI=1S/C17H10BrNOS/c18-11-5-6-14-13(8-11)10(9-19-14)7-16-17(20)12-3-1-2-4-15(12)21-16/h1-9,19H/b16-7+. The number of thioether (sulfide) groups is 1. The topological polar surface area (TPSA) is 32.9 Å². The van der Waals surface area contributed by atoms with Gasteiger partial charge in [-0.3, -0.25) is 4.79 Å². The van der Waals surface area contributed by atoms with E-state index in [1.165, 1.54) is 0 Å². The molecule has 2 aromatic carbocycles. The van der Waals surface area contributed by atoms with E-state index < -0.39 is 0 Å². The summed E-state index contributed by atoms with van der Waals surface area (Å²) < 4.78 is 1.03. The lowest BCUT2D eigenvalue weighted by Crippen LogP contribution is -1.93. The van der Waals surface area contributed by atoms with Crippen molar-refractivity contribution in [3.63, 3.8) is 0 Å². The number of rotatable bonds is 1. The van der Waals surface area contributed by atoms with Crippen LogP contribution in [-0.2, 0) is 0 Å². The minimum atomic E-state index is 0.111. The highest BCUT2D eigenvalue weighted by atomic mass is 79.9. The van der Waals surface area contributed by atoms with Gasteiger partial charge in [-0.15, -0.1) is 0 Å². The highest BCUT2D eigenvalue weighted by Gasteiger charge is 2.25. The number of halogens is 1. The number of hydrogen-bond acceptors (Lipinski definition) is 2. The van der Waals surface area contributed by atoms with Gasteiger partial charge in [0.15, 0.2) is 0 Å². The molecule has 0 radical (unpaired) electrons. The van der Waals surface area contributed by atoms with E-state index in [1.807, 2.05) is 48.7 Å². The zero-order valence-corrected chi connectivity index (χ0v) is 13.3. The highest BCUT2D eigenvalue weighted by molar-refractivity contribution is 9.10. The molecule has 102 valence electrons. The fraction of sp³-hybridized carbons (Fsp3) is 0. The van der Waals surface area contributed by atoms with Crippen molar-refractivity contribution >= 4 is 50.5 Å². The average Bonchev–Trinajstić information content (AvgIpc) is 3.02. The Bertz CT molecular complexity index is 910. The van der Waals surface area contributed by atoms with E-state index in [4.69, 9.17) is 0 Å². The maximum absolute atomic E-state index is 12.4. The van der Waals surface area contributed by atoms with Crippen molar-refractivity contribution in [2.45, 2.75) is 4.90 Å². The Morgan fingerprint density at radius 3 is 2.86 bits per heavy atom. The monoisotopic (exact) mass is 355 g/mol. The first kappa shape index (κ1) is 12.9. The van der Waals surface area contributed by atoms with Gasteiger partial charge < -0.3 is 4.98 Å². The van der Waals surface area contributed by atoms with Crippen LogP contribution in [0.15, 0.2) is 62.9 Å². The molecule has 0 fully saturated rings. The van der Waals surface area contributed by atoms with Gasteiger partial charge in [0, 0.05) is 37.6 Å². The first-order valence-corrected chi connectivity index (χ1v) is 8.13. The normalized spacial score (nSPS) is 15.9. The second kappa shape index (κ2) is 4.90.